The predicted molar refractivity (Wildman–Crippen MR) is 103 cm³/mol. The first-order valence-corrected chi connectivity index (χ1v) is 9.37. The maximum Gasteiger partial charge on any atom is 0.338 e. The van der Waals surface area contributed by atoms with Crippen molar-refractivity contribution in [3.63, 3.8) is 0 Å². The summed E-state index contributed by atoms with van der Waals surface area (Å²) < 4.78 is 5.05. The number of thioether (sulfide) groups is 1. The molecule has 8 heteroatoms. The molecule has 0 spiro atoms. The summed E-state index contributed by atoms with van der Waals surface area (Å²) in [6, 6.07) is 13.4. The van der Waals surface area contributed by atoms with E-state index in [4.69, 9.17) is 4.74 Å². The van der Waals surface area contributed by atoms with Gasteiger partial charge in [-0.2, -0.15) is 0 Å². The number of amides is 1. The van der Waals surface area contributed by atoms with Gasteiger partial charge in [0.15, 0.2) is 6.61 Å². The fourth-order valence-electron chi connectivity index (χ4n) is 2.44. The van der Waals surface area contributed by atoms with Crippen LogP contribution in [0.3, 0.4) is 0 Å². The third-order valence-corrected chi connectivity index (χ3v) is 4.98. The summed E-state index contributed by atoms with van der Waals surface area (Å²) in [6.45, 7) is 1.43. The van der Waals surface area contributed by atoms with E-state index in [0.717, 1.165) is 11.6 Å². The standard InChI is InChI=1S/C19H20N2O5S/c1-13(14-7-5-4-6-8-14)20(2)18(22)12-26-19(23)15-9-10-17(27-3)16(11-15)21(24)25/h4-11,13H,12H2,1-3H3/t13-/m1/s1. The van der Waals surface area contributed by atoms with E-state index in [-0.39, 0.29) is 23.2 Å². The van der Waals surface area contributed by atoms with Crippen LogP contribution in [0.1, 0.15) is 28.9 Å². The normalized spacial score (nSPS) is 11.5. The Morgan fingerprint density at radius 1 is 1.22 bits per heavy atom. The Kier molecular flexibility index (Phi) is 6.95. The molecule has 2 rings (SSSR count). The number of benzene rings is 2. The molecule has 2 aromatic rings. The van der Waals surface area contributed by atoms with Crippen LogP contribution in [0.15, 0.2) is 53.4 Å². The summed E-state index contributed by atoms with van der Waals surface area (Å²) in [4.78, 5) is 37.0. The van der Waals surface area contributed by atoms with Crippen molar-refractivity contribution in [1.29, 1.82) is 0 Å². The van der Waals surface area contributed by atoms with Crippen molar-refractivity contribution in [2.45, 2.75) is 17.9 Å². The third-order valence-electron chi connectivity index (χ3n) is 4.19. The molecule has 0 heterocycles. The lowest BCUT2D eigenvalue weighted by atomic mass is 10.1. The molecule has 0 N–H and O–H groups in total. The number of ether oxygens (including phenoxy) is 1. The maximum absolute atomic E-state index is 12.3. The van der Waals surface area contributed by atoms with Crippen molar-refractivity contribution in [3.8, 4) is 0 Å². The first-order chi connectivity index (χ1) is 12.8. The third kappa shape index (κ3) is 5.07. The zero-order chi connectivity index (χ0) is 20.0. The molecule has 1 amide bonds. The number of esters is 1. The van der Waals surface area contributed by atoms with Gasteiger partial charge in [0.2, 0.25) is 0 Å². The highest BCUT2D eigenvalue weighted by molar-refractivity contribution is 7.98. The Balaban J connectivity index is 2.01. The van der Waals surface area contributed by atoms with Gasteiger partial charge >= 0.3 is 5.97 Å². The van der Waals surface area contributed by atoms with Gasteiger partial charge in [-0.25, -0.2) is 4.79 Å². The Morgan fingerprint density at radius 2 is 1.89 bits per heavy atom. The van der Waals surface area contributed by atoms with Gasteiger partial charge in [-0.15, -0.1) is 11.8 Å². The van der Waals surface area contributed by atoms with Crippen molar-refractivity contribution in [1.82, 2.24) is 4.90 Å². The van der Waals surface area contributed by atoms with Crippen molar-refractivity contribution >= 4 is 29.3 Å². The van der Waals surface area contributed by atoms with Crippen LogP contribution in [0.25, 0.3) is 0 Å². The number of carbonyl (C=O) groups excluding carboxylic acids is 2. The Bertz CT molecular complexity index is 841. The summed E-state index contributed by atoms with van der Waals surface area (Å²) >= 11 is 1.21. The minimum Gasteiger partial charge on any atom is -0.452 e. The molecule has 0 aliphatic carbocycles. The van der Waals surface area contributed by atoms with Crippen molar-refractivity contribution in [2.24, 2.45) is 0 Å². The van der Waals surface area contributed by atoms with Gasteiger partial charge in [-0.05, 0) is 30.9 Å². The zero-order valence-corrected chi connectivity index (χ0v) is 16.1. The smallest absolute Gasteiger partial charge is 0.338 e. The second kappa shape index (κ2) is 9.18. The summed E-state index contributed by atoms with van der Waals surface area (Å²) in [5.41, 5.74) is 0.826. The molecule has 0 aliphatic rings. The SMILES string of the molecule is CSc1ccc(C(=O)OCC(=O)N(C)[C@H](C)c2ccccc2)cc1[N+](=O)[O-]. The van der Waals surface area contributed by atoms with Crippen LogP contribution in [0.5, 0.6) is 0 Å². The molecule has 2 aromatic carbocycles. The van der Waals surface area contributed by atoms with Gasteiger partial charge in [-0.3, -0.25) is 14.9 Å². The van der Waals surface area contributed by atoms with Gasteiger partial charge in [0.05, 0.1) is 21.4 Å². The number of rotatable bonds is 7. The summed E-state index contributed by atoms with van der Waals surface area (Å²) in [6.07, 6.45) is 1.71. The minimum atomic E-state index is -0.778. The second-order valence-corrected chi connectivity index (χ2v) is 6.66. The summed E-state index contributed by atoms with van der Waals surface area (Å²) in [5, 5.41) is 11.1. The molecule has 0 aliphatic heterocycles. The van der Waals surface area contributed by atoms with E-state index < -0.39 is 17.5 Å². The van der Waals surface area contributed by atoms with E-state index in [1.54, 1.807) is 13.3 Å². The van der Waals surface area contributed by atoms with E-state index in [1.807, 2.05) is 37.3 Å². The topological polar surface area (TPSA) is 89.8 Å². The molecule has 0 fully saturated rings. The molecule has 7 nitrogen and oxygen atoms in total. The fraction of sp³-hybridized carbons (Fsp3) is 0.263. The Hall–Kier alpha value is -2.87. The van der Waals surface area contributed by atoms with Crippen LogP contribution >= 0.6 is 11.8 Å². The van der Waals surface area contributed by atoms with E-state index in [1.165, 1.54) is 28.8 Å². The van der Waals surface area contributed by atoms with E-state index in [2.05, 4.69) is 0 Å². The monoisotopic (exact) mass is 388 g/mol. The molecule has 0 radical (unpaired) electrons. The lowest BCUT2D eigenvalue weighted by Gasteiger charge is -2.25. The van der Waals surface area contributed by atoms with Crippen molar-refractivity contribution < 1.29 is 19.2 Å². The first kappa shape index (κ1) is 20.4. The number of hydrogen-bond acceptors (Lipinski definition) is 6. The van der Waals surface area contributed by atoms with Gasteiger partial charge in [0.1, 0.15) is 0 Å². The number of likely N-dealkylation sites (N-methyl/N-ethyl adjacent to an activating group) is 1. The lowest BCUT2D eigenvalue weighted by Crippen LogP contribution is -2.33. The zero-order valence-electron chi connectivity index (χ0n) is 15.2. The highest BCUT2D eigenvalue weighted by Gasteiger charge is 2.21. The molecule has 0 aromatic heterocycles. The predicted octanol–water partition coefficient (Wildman–Crippen LogP) is 3.69. The van der Waals surface area contributed by atoms with Crippen LogP contribution in [-0.4, -0.2) is 41.6 Å². The van der Waals surface area contributed by atoms with Crippen LogP contribution in [0, 0.1) is 10.1 Å². The molecular formula is C19H20N2O5S. The largest absolute Gasteiger partial charge is 0.452 e. The first-order valence-electron chi connectivity index (χ1n) is 8.15. The molecule has 142 valence electrons. The minimum absolute atomic E-state index is 0.0334. The number of hydrogen-bond donors (Lipinski definition) is 0. The molecule has 0 unspecified atom stereocenters. The van der Waals surface area contributed by atoms with Gasteiger partial charge in [-0.1, -0.05) is 30.3 Å². The van der Waals surface area contributed by atoms with E-state index in [0.29, 0.717) is 4.90 Å². The van der Waals surface area contributed by atoms with Gasteiger partial charge < -0.3 is 9.64 Å². The molecule has 0 bridgehead atoms. The Labute approximate surface area is 161 Å². The highest BCUT2D eigenvalue weighted by Crippen LogP contribution is 2.28. The summed E-state index contributed by atoms with van der Waals surface area (Å²) in [5.74, 6) is -1.14. The molecule has 27 heavy (non-hydrogen) atoms. The summed E-state index contributed by atoms with van der Waals surface area (Å²) in [7, 11) is 1.63. The second-order valence-electron chi connectivity index (χ2n) is 5.81. The van der Waals surface area contributed by atoms with Crippen molar-refractivity contribution in [2.75, 3.05) is 19.9 Å². The van der Waals surface area contributed by atoms with Crippen molar-refractivity contribution in [3.05, 3.63) is 69.8 Å². The van der Waals surface area contributed by atoms with Crippen LogP contribution in [0.4, 0.5) is 5.69 Å². The number of nitrogens with zero attached hydrogens (tertiary/aromatic N) is 2. The average Bonchev–Trinajstić information content (AvgIpc) is 2.70. The molecule has 1 atom stereocenters. The van der Waals surface area contributed by atoms with Crippen LogP contribution < -0.4 is 0 Å². The number of carbonyl (C=O) groups is 2. The molecular weight excluding hydrogens is 368 g/mol. The van der Waals surface area contributed by atoms with E-state index >= 15 is 0 Å². The molecule has 0 saturated heterocycles. The Morgan fingerprint density at radius 3 is 2.48 bits per heavy atom. The average molecular weight is 388 g/mol. The van der Waals surface area contributed by atoms with Crippen LogP contribution in [0.2, 0.25) is 0 Å². The van der Waals surface area contributed by atoms with Gasteiger partial charge in [0, 0.05) is 13.1 Å². The number of nitro benzene ring substituents is 1. The van der Waals surface area contributed by atoms with Gasteiger partial charge in [0.25, 0.3) is 11.6 Å². The van der Waals surface area contributed by atoms with Crippen LogP contribution in [-0.2, 0) is 9.53 Å². The highest BCUT2D eigenvalue weighted by atomic mass is 32.2. The fourth-order valence-corrected chi connectivity index (χ4v) is 2.99. The maximum atomic E-state index is 12.3. The van der Waals surface area contributed by atoms with E-state index in [9.17, 15) is 19.7 Å². The lowest BCUT2D eigenvalue weighted by molar-refractivity contribution is -0.387. The molecule has 0 saturated carbocycles. The quantitative estimate of drug-likeness (QED) is 0.311. The number of nitro groups is 1.